The van der Waals surface area contributed by atoms with E-state index in [9.17, 15) is 0 Å². The van der Waals surface area contributed by atoms with Crippen molar-refractivity contribution in [2.24, 2.45) is 0 Å². The topological polar surface area (TPSA) is 56.8 Å². The van der Waals surface area contributed by atoms with Gasteiger partial charge in [-0.3, -0.25) is 0 Å². The Kier molecular flexibility index (Phi) is 10.2. The molecular formula is C27H42N2O3Si. The maximum atomic E-state index is 5.87. The fraction of sp³-hybridized carbons (Fsp3) is 0.630. The average Bonchev–Trinajstić information content (AvgIpc) is 3.59. The Morgan fingerprint density at radius 2 is 1.52 bits per heavy atom. The van der Waals surface area contributed by atoms with Crippen LogP contribution in [0.2, 0.25) is 25.2 Å². The monoisotopic (exact) mass is 470 g/mol. The number of nitrogens with zero attached hydrogens (tertiary/aromatic N) is 2. The smallest absolute Gasteiger partial charge is 0.159 e. The largest absolute Gasteiger partial charge is 0.491 e. The Hall–Kier alpha value is -1.92. The molecule has 0 saturated carbocycles. The van der Waals surface area contributed by atoms with E-state index in [1.165, 1.54) is 44.2 Å². The van der Waals surface area contributed by atoms with E-state index in [4.69, 9.17) is 14.2 Å². The summed E-state index contributed by atoms with van der Waals surface area (Å²) in [6.07, 6.45) is 12.8. The van der Waals surface area contributed by atoms with Crippen molar-refractivity contribution in [3.8, 4) is 22.9 Å². The molecule has 0 amide bonds. The molecular weight excluding hydrogens is 428 g/mol. The van der Waals surface area contributed by atoms with Crippen LogP contribution in [0.15, 0.2) is 36.7 Å². The van der Waals surface area contributed by atoms with Crippen molar-refractivity contribution < 1.29 is 14.2 Å². The highest BCUT2D eigenvalue weighted by atomic mass is 28.3. The van der Waals surface area contributed by atoms with Gasteiger partial charge in [-0.05, 0) is 37.1 Å². The van der Waals surface area contributed by atoms with Gasteiger partial charge in [0, 0.05) is 13.6 Å². The zero-order valence-electron chi connectivity index (χ0n) is 21.0. The molecule has 0 bridgehead atoms. The van der Waals surface area contributed by atoms with Crippen LogP contribution in [0.5, 0.6) is 11.5 Å². The molecule has 0 N–H and O–H groups in total. The van der Waals surface area contributed by atoms with Crippen molar-refractivity contribution in [1.29, 1.82) is 0 Å². The number of hydrogen-bond donors (Lipinski definition) is 0. The minimum absolute atomic E-state index is 0.252. The Balaban J connectivity index is 1.35. The highest BCUT2D eigenvalue weighted by molar-refractivity contribution is 6.77. The third-order valence-corrected chi connectivity index (χ3v) is 9.82. The van der Waals surface area contributed by atoms with Gasteiger partial charge >= 0.3 is 0 Å². The fourth-order valence-corrected chi connectivity index (χ4v) is 6.85. The summed E-state index contributed by atoms with van der Waals surface area (Å²) in [5.74, 6) is 2.29. The van der Waals surface area contributed by atoms with Gasteiger partial charge in [0.05, 0.1) is 25.1 Å². The molecule has 2 aromatic rings. The molecule has 0 aliphatic carbocycles. The van der Waals surface area contributed by atoms with E-state index in [1.807, 2.05) is 24.3 Å². The summed E-state index contributed by atoms with van der Waals surface area (Å²) in [6, 6.07) is 10.8. The van der Waals surface area contributed by atoms with Gasteiger partial charge in [0.1, 0.15) is 18.5 Å². The number of aromatic nitrogens is 2. The van der Waals surface area contributed by atoms with Crippen molar-refractivity contribution in [1.82, 2.24) is 9.97 Å². The molecule has 2 atom stereocenters. The lowest BCUT2D eigenvalue weighted by molar-refractivity contribution is 0.259. The van der Waals surface area contributed by atoms with E-state index in [0.29, 0.717) is 18.5 Å². The molecule has 182 valence electrons. The molecule has 1 aromatic carbocycles. The van der Waals surface area contributed by atoms with E-state index in [1.54, 1.807) is 12.4 Å². The summed E-state index contributed by atoms with van der Waals surface area (Å²) < 4.78 is 17.4. The molecule has 5 nitrogen and oxygen atoms in total. The van der Waals surface area contributed by atoms with E-state index < -0.39 is 8.07 Å². The molecule has 3 rings (SSSR count). The number of rotatable bonds is 16. The Morgan fingerprint density at radius 1 is 0.818 bits per heavy atom. The van der Waals surface area contributed by atoms with E-state index >= 15 is 0 Å². The highest BCUT2D eigenvalue weighted by Gasteiger charge is 2.38. The van der Waals surface area contributed by atoms with Crippen LogP contribution in [0.25, 0.3) is 11.4 Å². The molecule has 1 aliphatic heterocycles. The maximum Gasteiger partial charge on any atom is 0.159 e. The SMILES string of the molecule is CCCCC1OC1COc1ccc(-c2ncc(OCCCC[Si](C)(C)CCCC)cn2)cc1. The van der Waals surface area contributed by atoms with Crippen LogP contribution >= 0.6 is 0 Å². The number of benzene rings is 1. The molecule has 1 aromatic heterocycles. The zero-order valence-corrected chi connectivity index (χ0v) is 22.0. The van der Waals surface area contributed by atoms with Crippen molar-refractivity contribution in [2.45, 2.75) is 96.2 Å². The average molecular weight is 471 g/mol. The fourth-order valence-electron chi connectivity index (χ4n) is 4.08. The first-order valence-electron chi connectivity index (χ1n) is 12.8. The minimum atomic E-state index is -1.01. The van der Waals surface area contributed by atoms with Crippen LogP contribution in [0, 0.1) is 0 Å². The van der Waals surface area contributed by atoms with Crippen molar-refractivity contribution in [3.05, 3.63) is 36.7 Å². The number of unbranched alkanes of at least 4 members (excludes halogenated alkanes) is 3. The summed E-state index contributed by atoms with van der Waals surface area (Å²) in [4.78, 5) is 8.97. The lowest BCUT2D eigenvalue weighted by Gasteiger charge is -2.21. The van der Waals surface area contributed by atoms with Gasteiger partial charge < -0.3 is 14.2 Å². The van der Waals surface area contributed by atoms with Crippen LogP contribution in [0.1, 0.15) is 58.8 Å². The quantitative estimate of drug-likeness (QED) is 0.148. The van der Waals surface area contributed by atoms with Gasteiger partial charge in [0.15, 0.2) is 11.6 Å². The van der Waals surface area contributed by atoms with Crippen LogP contribution in [-0.4, -0.2) is 43.5 Å². The molecule has 0 spiro atoms. The Bertz CT molecular complexity index is 811. The van der Waals surface area contributed by atoms with Crippen molar-refractivity contribution in [2.75, 3.05) is 13.2 Å². The number of epoxide rings is 1. The Morgan fingerprint density at radius 3 is 2.21 bits per heavy atom. The molecule has 33 heavy (non-hydrogen) atoms. The molecule has 2 heterocycles. The molecule has 1 aliphatic rings. The van der Waals surface area contributed by atoms with E-state index in [2.05, 4.69) is 36.9 Å². The standard InChI is InChI=1S/C27H42N2O3Si/c1-5-7-11-25-26(32-25)21-31-23-14-12-22(13-15-23)27-28-19-24(20-29-27)30-16-9-10-18-33(3,4)17-8-6-2/h12-15,19-20,25-26H,5-11,16-18,21H2,1-4H3. The molecule has 2 unspecified atom stereocenters. The lowest BCUT2D eigenvalue weighted by atomic mass is 10.1. The van der Waals surface area contributed by atoms with Crippen molar-refractivity contribution >= 4 is 8.07 Å². The van der Waals surface area contributed by atoms with Gasteiger partial charge in [0.2, 0.25) is 0 Å². The summed E-state index contributed by atoms with van der Waals surface area (Å²) >= 11 is 0. The second-order valence-electron chi connectivity index (χ2n) is 10.0. The first-order chi connectivity index (χ1) is 16.0. The predicted molar refractivity (Wildman–Crippen MR) is 138 cm³/mol. The van der Waals surface area contributed by atoms with Gasteiger partial charge in [0.25, 0.3) is 0 Å². The predicted octanol–water partition coefficient (Wildman–Crippen LogP) is 7.15. The first-order valence-corrected chi connectivity index (χ1v) is 16.3. The second kappa shape index (κ2) is 13.1. The number of hydrogen-bond acceptors (Lipinski definition) is 5. The van der Waals surface area contributed by atoms with Gasteiger partial charge in [-0.15, -0.1) is 0 Å². The van der Waals surface area contributed by atoms with E-state index in [-0.39, 0.29) is 6.10 Å². The lowest BCUT2D eigenvalue weighted by Crippen LogP contribution is -2.24. The zero-order chi connectivity index (χ0) is 23.5. The highest BCUT2D eigenvalue weighted by Crippen LogP contribution is 2.28. The summed E-state index contributed by atoms with van der Waals surface area (Å²) in [6.45, 7) is 10.9. The third kappa shape index (κ3) is 9.09. The first kappa shape index (κ1) is 25.7. The summed E-state index contributed by atoms with van der Waals surface area (Å²) in [7, 11) is -1.01. The van der Waals surface area contributed by atoms with Crippen LogP contribution < -0.4 is 9.47 Å². The second-order valence-corrected chi connectivity index (χ2v) is 15.3. The normalized spacial score (nSPS) is 17.7. The Labute approximate surface area is 201 Å². The van der Waals surface area contributed by atoms with E-state index in [0.717, 1.165) is 36.5 Å². The van der Waals surface area contributed by atoms with Crippen molar-refractivity contribution in [3.63, 3.8) is 0 Å². The number of ether oxygens (including phenoxy) is 3. The van der Waals surface area contributed by atoms with Gasteiger partial charge in [-0.25, -0.2) is 9.97 Å². The molecule has 1 fully saturated rings. The minimum Gasteiger partial charge on any atom is -0.491 e. The molecule has 6 heteroatoms. The van der Waals surface area contributed by atoms with Crippen LogP contribution in [0.3, 0.4) is 0 Å². The molecule has 1 saturated heterocycles. The molecule has 0 radical (unpaired) electrons. The van der Waals surface area contributed by atoms with Gasteiger partial charge in [-0.2, -0.15) is 0 Å². The summed E-state index contributed by atoms with van der Waals surface area (Å²) in [5, 5.41) is 0. The summed E-state index contributed by atoms with van der Waals surface area (Å²) in [5.41, 5.74) is 0.969. The van der Waals surface area contributed by atoms with Gasteiger partial charge in [-0.1, -0.05) is 71.1 Å². The third-order valence-electron chi connectivity index (χ3n) is 6.41. The van der Waals surface area contributed by atoms with Crippen LogP contribution in [-0.2, 0) is 4.74 Å². The van der Waals surface area contributed by atoms with Crippen LogP contribution in [0.4, 0.5) is 0 Å². The maximum absolute atomic E-state index is 5.87.